The van der Waals surface area contributed by atoms with E-state index in [0.29, 0.717) is 0 Å². The molecule has 1 N–H and O–H groups in total. The minimum atomic E-state index is 1.16. The first kappa shape index (κ1) is 10.9. The Morgan fingerprint density at radius 2 is 1.55 bits per heavy atom. The first-order valence-electron chi connectivity index (χ1n) is 4.70. The van der Waals surface area contributed by atoms with Crippen molar-refractivity contribution in [3.8, 4) is 0 Å². The summed E-state index contributed by atoms with van der Waals surface area (Å²) < 4.78 is 0. The zero-order valence-electron chi connectivity index (χ0n) is 8.19. The zero-order valence-corrected chi connectivity index (χ0v) is 8.19. The maximum atomic E-state index is 3.27. The number of nitrogens with zero attached hydrogens (tertiary/aromatic N) is 1. The topological polar surface area (TPSA) is 15.3 Å². The molecule has 0 aliphatic carbocycles. The molecule has 2 heteroatoms. The van der Waals surface area contributed by atoms with Crippen molar-refractivity contribution in [1.29, 1.82) is 0 Å². The fraction of sp³-hybridized carbons (Fsp3) is 1.00. The van der Waals surface area contributed by atoms with Crippen LogP contribution < -0.4 is 5.32 Å². The van der Waals surface area contributed by atoms with Crippen molar-refractivity contribution in [3.05, 3.63) is 0 Å². The minimum absolute atomic E-state index is 1.16. The number of rotatable bonds is 1. The fourth-order valence-electron chi connectivity index (χ4n) is 0.777. The van der Waals surface area contributed by atoms with Crippen molar-refractivity contribution in [2.45, 2.75) is 26.7 Å². The Hall–Kier alpha value is -0.0800. The average Bonchev–Trinajstić information content (AvgIpc) is 2.07. The van der Waals surface area contributed by atoms with Crippen molar-refractivity contribution in [2.24, 2.45) is 0 Å². The lowest BCUT2D eigenvalue weighted by Gasteiger charge is -2.21. The molecule has 0 aromatic heterocycles. The van der Waals surface area contributed by atoms with Gasteiger partial charge in [0.2, 0.25) is 0 Å². The number of hydrogen-bond acceptors (Lipinski definition) is 2. The summed E-state index contributed by atoms with van der Waals surface area (Å²) >= 11 is 0. The third-order valence-electron chi connectivity index (χ3n) is 1.84. The van der Waals surface area contributed by atoms with Crippen LogP contribution in [0.5, 0.6) is 0 Å². The molecule has 2 nitrogen and oxygen atoms in total. The predicted octanol–water partition coefficient (Wildman–Crippen LogP) is 1.33. The maximum absolute atomic E-state index is 3.27. The summed E-state index contributed by atoms with van der Waals surface area (Å²) in [6, 6.07) is 0. The lowest BCUT2D eigenvalue weighted by molar-refractivity contribution is 0.291. The second-order valence-electron chi connectivity index (χ2n) is 3.05. The van der Waals surface area contributed by atoms with Crippen molar-refractivity contribution in [1.82, 2.24) is 10.2 Å². The summed E-state index contributed by atoms with van der Waals surface area (Å²) in [6.07, 6.45) is 2.64. The van der Waals surface area contributed by atoms with Crippen LogP contribution in [0.4, 0.5) is 0 Å². The molecular weight excluding hydrogens is 136 g/mol. The van der Waals surface area contributed by atoms with Gasteiger partial charge in [-0.3, -0.25) is 0 Å². The van der Waals surface area contributed by atoms with Crippen molar-refractivity contribution < 1.29 is 0 Å². The molecule has 0 amide bonds. The smallest absolute Gasteiger partial charge is 0.0104 e. The molecule has 68 valence electrons. The SMILES string of the molecule is CCCC.CN1CCNCC1. The third-order valence-corrected chi connectivity index (χ3v) is 1.84. The summed E-state index contributed by atoms with van der Waals surface area (Å²) in [4.78, 5) is 2.33. The second-order valence-corrected chi connectivity index (χ2v) is 3.05. The Kier molecular flexibility index (Phi) is 7.96. The van der Waals surface area contributed by atoms with E-state index in [0.717, 1.165) is 13.1 Å². The first-order chi connectivity index (χ1) is 5.31. The van der Waals surface area contributed by atoms with E-state index in [1.165, 1.54) is 25.9 Å². The Morgan fingerprint density at radius 3 is 1.73 bits per heavy atom. The van der Waals surface area contributed by atoms with Crippen LogP contribution >= 0.6 is 0 Å². The van der Waals surface area contributed by atoms with Gasteiger partial charge >= 0.3 is 0 Å². The van der Waals surface area contributed by atoms with Crippen LogP contribution in [-0.4, -0.2) is 38.1 Å². The van der Waals surface area contributed by atoms with Gasteiger partial charge < -0.3 is 10.2 Å². The molecule has 1 aliphatic heterocycles. The molecule has 1 saturated heterocycles. The number of likely N-dealkylation sites (N-methyl/N-ethyl adjacent to an activating group) is 1. The molecule has 0 saturated carbocycles. The van der Waals surface area contributed by atoms with Gasteiger partial charge in [0.25, 0.3) is 0 Å². The van der Waals surface area contributed by atoms with Gasteiger partial charge in [0, 0.05) is 26.2 Å². The standard InChI is InChI=1S/C5H12N2.C4H10/c1-7-4-2-6-3-5-7;1-3-4-2/h6H,2-5H2,1H3;3-4H2,1-2H3. The van der Waals surface area contributed by atoms with Crippen LogP contribution in [0.2, 0.25) is 0 Å². The summed E-state index contributed by atoms with van der Waals surface area (Å²) in [7, 11) is 2.15. The molecule has 0 aromatic rings. The zero-order chi connectivity index (χ0) is 8.53. The largest absolute Gasteiger partial charge is 0.314 e. The molecule has 1 fully saturated rings. The normalized spacial score (nSPS) is 18.8. The predicted molar refractivity (Wildman–Crippen MR) is 50.9 cm³/mol. The molecule has 0 bridgehead atoms. The molecule has 0 spiro atoms. The van der Waals surface area contributed by atoms with E-state index in [1.54, 1.807) is 0 Å². The van der Waals surface area contributed by atoms with Gasteiger partial charge in [0.15, 0.2) is 0 Å². The highest BCUT2D eigenvalue weighted by molar-refractivity contribution is 4.62. The first-order valence-corrected chi connectivity index (χ1v) is 4.70. The van der Waals surface area contributed by atoms with E-state index in [2.05, 4.69) is 31.1 Å². The Balaban J connectivity index is 0.000000218. The highest BCUT2D eigenvalue weighted by Crippen LogP contribution is 1.83. The number of nitrogens with one attached hydrogen (secondary N) is 1. The van der Waals surface area contributed by atoms with E-state index in [-0.39, 0.29) is 0 Å². The van der Waals surface area contributed by atoms with Crippen molar-refractivity contribution in [2.75, 3.05) is 33.2 Å². The highest BCUT2D eigenvalue weighted by atomic mass is 15.2. The van der Waals surface area contributed by atoms with Gasteiger partial charge in [-0.05, 0) is 7.05 Å². The van der Waals surface area contributed by atoms with Gasteiger partial charge in [-0.25, -0.2) is 0 Å². The molecule has 0 radical (unpaired) electrons. The summed E-state index contributed by atoms with van der Waals surface area (Å²) in [5.41, 5.74) is 0. The van der Waals surface area contributed by atoms with Crippen LogP contribution in [0.3, 0.4) is 0 Å². The molecule has 11 heavy (non-hydrogen) atoms. The summed E-state index contributed by atoms with van der Waals surface area (Å²) in [5, 5.41) is 3.27. The van der Waals surface area contributed by atoms with E-state index in [9.17, 15) is 0 Å². The number of hydrogen-bond donors (Lipinski definition) is 1. The summed E-state index contributed by atoms with van der Waals surface area (Å²) in [6.45, 7) is 9.10. The van der Waals surface area contributed by atoms with E-state index in [4.69, 9.17) is 0 Å². The highest BCUT2D eigenvalue weighted by Gasteiger charge is 2.01. The van der Waals surface area contributed by atoms with Crippen molar-refractivity contribution in [3.63, 3.8) is 0 Å². The molecule has 1 rings (SSSR count). The monoisotopic (exact) mass is 158 g/mol. The fourth-order valence-corrected chi connectivity index (χ4v) is 0.777. The third kappa shape index (κ3) is 7.82. The Bertz CT molecular complexity index is 66.0. The lowest BCUT2D eigenvalue weighted by atomic mass is 10.4. The molecule has 0 atom stereocenters. The molecule has 0 aromatic carbocycles. The van der Waals surface area contributed by atoms with Gasteiger partial charge in [0.1, 0.15) is 0 Å². The van der Waals surface area contributed by atoms with E-state index < -0.39 is 0 Å². The van der Waals surface area contributed by atoms with Crippen LogP contribution in [0.25, 0.3) is 0 Å². The van der Waals surface area contributed by atoms with E-state index in [1.807, 2.05) is 0 Å². The Labute approximate surface area is 71.0 Å². The maximum Gasteiger partial charge on any atom is 0.0104 e. The summed E-state index contributed by atoms with van der Waals surface area (Å²) in [5.74, 6) is 0. The average molecular weight is 158 g/mol. The van der Waals surface area contributed by atoms with Gasteiger partial charge in [-0.1, -0.05) is 26.7 Å². The Morgan fingerprint density at radius 1 is 1.09 bits per heavy atom. The number of unbranched alkanes of at least 4 members (excludes halogenated alkanes) is 1. The van der Waals surface area contributed by atoms with Gasteiger partial charge in [-0.15, -0.1) is 0 Å². The van der Waals surface area contributed by atoms with Crippen LogP contribution in [0.15, 0.2) is 0 Å². The minimum Gasteiger partial charge on any atom is -0.314 e. The van der Waals surface area contributed by atoms with Crippen LogP contribution in [0.1, 0.15) is 26.7 Å². The molecule has 1 aliphatic rings. The number of piperazine rings is 1. The second kappa shape index (κ2) is 8.02. The van der Waals surface area contributed by atoms with Crippen molar-refractivity contribution >= 4 is 0 Å². The molecular formula is C9H22N2. The van der Waals surface area contributed by atoms with E-state index >= 15 is 0 Å². The molecule has 0 unspecified atom stereocenters. The lowest BCUT2D eigenvalue weighted by Crippen LogP contribution is -2.40. The van der Waals surface area contributed by atoms with Gasteiger partial charge in [0.05, 0.1) is 0 Å². The van der Waals surface area contributed by atoms with Crippen LogP contribution in [-0.2, 0) is 0 Å². The molecule has 1 heterocycles. The van der Waals surface area contributed by atoms with Crippen LogP contribution in [0, 0.1) is 0 Å². The van der Waals surface area contributed by atoms with Gasteiger partial charge in [-0.2, -0.15) is 0 Å². The quantitative estimate of drug-likeness (QED) is 0.619.